The van der Waals surface area contributed by atoms with E-state index in [1.807, 2.05) is 62.4 Å². The van der Waals surface area contributed by atoms with E-state index >= 15 is 0 Å². The average Bonchev–Trinajstić information content (AvgIpc) is 3.06. The first kappa shape index (κ1) is 17.4. The van der Waals surface area contributed by atoms with Crippen LogP contribution in [0.5, 0.6) is 5.75 Å². The fourth-order valence-electron chi connectivity index (χ4n) is 2.68. The molecule has 5 heteroatoms. The first-order valence-electron chi connectivity index (χ1n) is 8.59. The lowest BCUT2D eigenvalue weighted by molar-refractivity contribution is -0.118. The van der Waals surface area contributed by atoms with Crippen molar-refractivity contribution in [3.8, 4) is 5.75 Å². The van der Waals surface area contributed by atoms with Crippen molar-refractivity contribution in [2.24, 2.45) is 0 Å². The van der Waals surface area contributed by atoms with Crippen LogP contribution in [0.15, 0.2) is 48.5 Å². The number of thiazole rings is 1. The summed E-state index contributed by atoms with van der Waals surface area (Å²) in [4.78, 5) is 19.2. The molecule has 0 aliphatic rings. The minimum Gasteiger partial charge on any atom is -0.492 e. The van der Waals surface area contributed by atoms with Gasteiger partial charge in [-0.1, -0.05) is 54.7 Å². The molecule has 1 amide bonds. The fourth-order valence-corrected chi connectivity index (χ4v) is 3.68. The van der Waals surface area contributed by atoms with Gasteiger partial charge in [0.25, 0.3) is 0 Å². The molecule has 0 aliphatic carbocycles. The molecule has 4 nitrogen and oxygen atoms in total. The molecule has 130 valence electrons. The van der Waals surface area contributed by atoms with E-state index in [4.69, 9.17) is 9.72 Å². The zero-order valence-electron chi connectivity index (χ0n) is 14.6. The number of fused-ring (bicyclic) bond motifs is 1. The zero-order valence-corrected chi connectivity index (χ0v) is 15.4. The van der Waals surface area contributed by atoms with Gasteiger partial charge in [-0.3, -0.25) is 9.69 Å². The topological polar surface area (TPSA) is 42.4 Å². The normalized spacial score (nSPS) is 10.8. The van der Waals surface area contributed by atoms with Crippen molar-refractivity contribution >= 4 is 32.6 Å². The van der Waals surface area contributed by atoms with E-state index in [0.717, 1.165) is 33.1 Å². The highest BCUT2D eigenvalue weighted by Crippen LogP contribution is 2.35. The molecule has 0 bridgehead atoms. The molecule has 0 fully saturated rings. The Balaban J connectivity index is 1.99. The molecule has 0 radical (unpaired) electrons. The Morgan fingerprint density at radius 3 is 2.64 bits per heavy atom. The number of ether oxygens (including phenoxy) is 1. The van der Waals surface area contributed by atoms with Crippen LogP contribution in [0.1, 0.15) is 32.3 Å². The highest BCUT2D eigenvalue weighted by molar-refractivity contribution is 7.22. The number of hydrogen-bond donors (Lipinski definition) is 0. The number of amides is 1. The lowest BCUT2D eigenvalue weighted by Crippen LogP contribution is -2.29. The molecule has 0 atom stereocenters. The summed E-state index contributed by atoms with van der Waals surface area (Å²) in [5.74, 6) is 0.869. The van der Waals surface area contributed by atoms with E-state index in [2.05, 4.69) is 0 Å². The van der Waals surface area contributed by atoms with Crippen LogP contribution < -0.4 is 9.64 Å². The minimum absolute atomic E-state index is 0.100. The second kappa shape index (κ2) is 8.12. The number of carbonyl (C=O) groups excluding carboxylic acids is 1. The van der Waals surface area contributed by atoms with Crippen molar-refractivity contribution in [2.45, 2.75) is 33.2 Å². The van der Waals surface area contributed by atoms with Crippen LogP contribution in [0, 0.1) is 0 Å². The van der Waals surface area contributed by atoms with Crippen LogP contribution in [0.3, 0.4) is 0 Å². The molecule has 0 spiro atoms. The van der Waals surface area contributed by atoms with E-state index in [0.29, 0.717) is 19.6 Å². The third kappa shape index (κ3) is 3.99. The van der Waals surface area contributed by atoms with E-state index in [1.54, 1.807) is 4.90 Å². The molecular weight excluding hydrogens is 332 g/mol. The van der Waals surface area contributed by atoms with E-state index in [1.165, 1.54) is 11.3 Å². The van der Waals surface area contributed by atoms with Gasteiger partial charge in [-0.15, -0.1) is 0 Å². The Hall–Kier alpha value is -2.40. The van der Waals surface area contributed by atoms with Gasteiger partial charge in [0, 0.05) is 6.42 Å². The summed E-state index contributed by atoms with van der Waals surface area (Å²) in [5.41, 5.74) is 1.92. The van der Waals surface area contributed by atoms with Crippen molar-refractivity contribution in [2.75, 3.05) is 11.5 Å². The van der Waals surface area contributed by atoms with Gasteiger partial charge in [-0.25, -0.2) is 4.98 Å². The van der Waals surface area contributed by atoms with Crippen LogP contribution in [0.4, 0.5) is 5.13 Å². The number of hydrogen-bond acceptors (Lipinski definition) is 4. The maximum Gasteiger partial charge on any atom is 0.229 e. The molecule has 1 aromatic heterocycles. The molecular formula is C20H22N2O2S. The monoisotopic (exact) mass is 354 g/mol. The van der Waals surface area contributed by atoms with Gasteiger partial charge in [0.1, 0.15) is 11.3 Å². The van der Waals surface area contributed by atoms with Crippen LogP contribution in [-0.4, -0.2) is 17.5 Å². The molecule has 0 aliphatic heterocycles. The van der Waals surface area contributed by atoms with Gasteiger partial charge in [-0.05, 0) is 31.0 Å². The summed E-state index contributed by atoms with van der Waals surface area (Å²) in [7, 11) is 0. The zero-order chi connectivity index (χ0) is 17.6. The second-order valence-electron chi connectivity index (χ2n) is 5.75. The van der Waals surface area contributed by atoms with Crippen molar-refractivity contribution in [3.63, 3.8) is 0 Å². The Bertz CT molecular complexity index is 845. The lowest BCUT2D eigenvalue weighted by Gasteiger charge is -2.19. The largest absolute Gasteiger partial charge is 0.492 e. The number of aromatic nitrogens is 1. The van der Waals surface area contributed by atoms with Gasteiger partial charge in [0.05, 0.1) is 17.9 Å². The van der Waals surface area contributed by atoms with Gasteiger partial charge in [0.15, 0.2) is 5.13 Å². The fraction of sp³-hybridized carbons (Fsp3) is 0.300. The third-order valence-corrected chi connectivity index (χ3v) is 4.89. The molecule has 0 N–H and O–H groups in total. The van der Waals surface area contributed by atoms with Crippen molar-refractivity contribution in [3.05, 3.63) is 54.1 Å². The Morgan fingerprint density at radius 1 is 1.12 bits per heavy atom. The van der Waals surface area contributed by atoms with Gasteiger partial charge in [0.2, 0.25) is 5.91 Å². The predicted molar refractivity (Wildman–Crippen MR) is 103 cm³/mol. The number of anilines is 1. The first-order chi connectivity index (χ1) is 12.2. The molecule has 2 aromatic carbocycles. The SMILES string of the molecule is CCCC(=O)N(Cc1ccccc1)c1nc2c(OCC)cccc2s1. The van der Waals surface area contributed by atoms with Crippen molar-refractivity contribution < 1.29 is 9.53 Å². The maximum absolute atomic E-state index is 12.7. The summed E-state index contributed by atoms with van der Waals surface area (Å²) in [6, 6.07) is 15.9. The van der Waals surface area contributed by atoms with E-state index in [-0.39, 0.29) is 5.91 Å². The Labute approximate surface area is 152 Å². The maximum atomic E-state index is 12.7. The van der Waals surface area contributed by atoms with E-state index < -0.39 is 0 Å². The van der Waals surface area contributed by atoms with Gasteiger partial charge in [-0.2, -0.15) is 0 Å². The predicted octanol–water partition coefficient (Wildman–Crippen LogP) is 5.03. The van der Waals surface area contributed by atoms with Crippen LogP contribution in [0.25, 0.3) is 10.2 Å². The number of benzene rings is 2. The van der Waals surface area contributed by atoms with Gasteiger partial charge >= 0.3 is 0 Å². The van der Waals surface area contributed by atoms with E-state index in [9.17, 15) is 4.79 Å². The number of nitrogens with zero attached hydrogens (tertiary/aromatic N) is 2. The number of rotatable bonds is 7. The highest BCUT2D eigenvalue weighted by atomic mass is 32.1. The second-order valence-corrected chi connectivity index (χ2v) is 6.76. The van der Waals surface area contributed by atoms with Crippen molar-refractivity contribution in [1.29, 1.82) is 0 Å². The van der Waals surface area contributed by atoms with Crippen LogP contribution in [0.2, 0.25) is 0 Å². The molecule has 0 saturated carbocycles. The molecule has 1 heterocycles. The molecule has 3 aromatic rings. The minimum atomic E-state index is 0.100. The summed E-state index contributed by atoms with van der Waals surface area (Å²) >= 11 is 1.53. The molecule has 3 rings (SSSR count). The first-order valence-corrected chi connectivity index (χ1v) is 9.41. The smallest absolute Gasteiger partial charge is 0.229 e. The van der Waals surface area contributed by atoms with Crippen molar-refractivity contribution in [1.82, 2.24) is 4.98 Å². The number of carbonyl (C=O) groups is 1. The quantitative estimate of drug-likeness (QED) is 0.598. The summed E-state index contributed by atoms with van der Waals surface area (Å²) < 4.78 is 6.71. The summed E-state index contributed by atoms with van der Waals surface area (Å²) in [6.07, 6.45) is 1.33. The summed E-state index contributed by atoms with van der Waals surface area (Å²) in [5, 5.41) is 0.726. The lowest BCUT2D eigenvalue weighted by atomic mass is 10.2. The summed E-state index contributed by atoms with van der Waals surface area (Å²) in [6.45, 7) is 5.10. The third-order valence-electron chi connectivity index (χ3n) is 3.85. The number of para-hydroxylation sites is 1. The highest BCUT2D eigenvalue weighted by Gasteiger charge is 2.20. The standard InChI is InChI=1S/C20H22N2O2S/c1-3-9-18(23)22(14-15-10-6-5-7-11-15)20-21-19-16(24-4-2)12-8-13-17(19)25-20/h5-8,10-13H,3-4,9,14H2,1-2H3. The van der Waals surface area contributed by atoms with Crippen LogP contribution in [-0.2, 0) is 11.3 Å². The molecule has 0 unspecified atom stereocenters. The molecule has 25 heavy (non-hydrogen) atoms. The Kier molecular flexibility index (Phi) is 5.66. The van der Waals surface area contributed by atoms with Crippen LogP contribution >= 0.6 is 11.3 Å². The Morgan fingerprint density at radius 2 is 1.92 bits per heavy atom. The molecule has 0 saturated heterocycles. The average molecular weight is 354 g/mol. The van der Waals surface area contributed by atoms with Gasteiger partial charge < -0.3 is 4.74 Å².